The Morgan fingerprint density at radius 1 is 0.410 bits per heavy atom. The molecule has 0 bridgehead atoms. The number of hydrogen-bond donors (Lipinski definition) is 3. The Balaban J connectivity index is 2.66. The SMILES string of the molecule is CC/C=C\C/C=C\C/C=C\C/C=C\CCCCCCCCC(=O)OCC(COC1OC(C(=O)O)C(O)C(O)C1OC(=O)CCCCCCCCCCCCCCCCCCC)OC(=O)CCCCCCCCC/C=C\C/C=C\C/C=C\CC. The molecule has 3 N–H and O–H groups in total. The summed E-state index contributed by atoms with van der Waals surface area (Å²) in [6, 6.07) is 0. The minimum atomic E-state index is -1.91. The van der Waals surface area contributed by atoms with E-state index in [0.717, 1.165) is 154 Å². The average molecular weight is 1170 g/mol. The second-order valence-corrected chi connectivity index (χ2v) is 22.7. The second-order valence-electron chi connectivity index (χ2n) is 22.7. The Hall–Kier alpha value is -4.10. The first-order valence-corrected chi connectivity index (χ1v) is 33.6. The summed E-state index contributed by atoms with van der Waals surface area (Å²) in [5.41, 5.74) is 0. The molecule has 6 unspecified atom stereocenters. The molecule has 83 heavy (non-hydrogen) atoms. The van der Waals surface area contributed by atoms with Crippen LogP contribution >= 0.6 is 0 Å². The number of esters is 3. The number of hydrogen-bond acceptors (Lipinski definition) is 11. The van der Waals surface area contributed by atoms with Gasteiger partial charge in [-0.2, -0.15) is 0 Å². The number of carbonyl (C=O) groups excluding carboxylic acids is 3. The Kier molecular flexibility index (Phi) is 54.0. The van der Waals surface area contributed by atoms with Crippen molar-refractivity contribution in [2.75, 3.05) is 13.2 Å². The Bertz CT molecular complexity index is 1760. The quantitative estimate of drug-likeness (QED) is 0.0228. The zero-order valence-electron chi connectivity index (χ0n) is 52.7. The molecule has 12 nitrogen and oxygen atoms in total. The van der Waals surface area contributed by atoms with E-state index in [-0.39, 0.29) is 25.9 Å². The fourth-order valence-corrected chi connectivity index (χ4v) is 9.90. The number of carboxylic acids is 1. The predicted octanol–water partition coefficient (Wildman–Crippen LogP) is 18.2. The van der Waals surface area contributed by atoms with Gasteiger partial charge in [0, 0.05) is 19.3 Å². The maximum absolute atomic E-state index is 13.2. The smallest absolute Gasteiger partial charge is 0.335 e. The van der Waals surface area contributed by atoms with Crippen molar-refractivity contribution in [2.24, 2.45) is 0 Å². The Labute approximate surface area is 505 Å². The first kappa shape index (κ1) is 76.9. The summed E-state index contributed by atoms with van der Waals surface area (Å²) in [6.07, 6.45) is 63.9. The van der Waals surface area contributed by atoms with Gasteiger partial charge in [0.1, 0.15) is 18.8 Å². The van der Waals surface area contributed by atoms with Gasteiger partial charge in [0.25, 0.3) is 0 Å². The van der Waals surface area contributed by atoms with Gasteiger partial charge in [-0.15, -0.1) is 0 Å². The van der Waals surface area contributed by atoms with E-state index in [0.29, 0.717) is 19.3 Å². The van der Waals surface area contributed by atoms with Crippen LogP contribution in [0.5, 0.6) is 0 Å². The third-order valence-electron chi connectivity index (χ3n) is 15.0. The lowest BCUT2D eigenvalue weighted by Crippen LogP contribution is -2.61. The summed E-state index contributed by atoms with van der Waals surface area (Å²) in [6.45, 7) is 5.79. The van der Waals surface area contributed by atoms with Gasteiger partial charge in [-0.25, -0.2) is 4.79 Å². The van der Waals surface area contributed by atoms with Crippen molar-refractivity contribution in [3.8, 4) is 0 Å². The molecule has 0 amide bonds. The molecule has 0 aromatic rings. The second kappa shape index (κ2) is 58.3. The van der Waals surface area contributed by atoms with Crippen LogP contribution in [0.15, 0.2) is 85.1 Å². The molecule has 1 aliphatic heterocycles. The highest BCUT2D eigenvalue weighted by atomic mass is 16.7. The van der Waals surface area contributed by atoms with Gasteiger partial charge < -0.3 is 39.0 Å². The molecule has 0 aliphatic carbocycles. The summed E-state index contributed by atoms with van der Waals surface area (Å²) in [5, 5.41) is 31.6. The number of ether oxygens (including phenoxy) is 5. The molecule has 0 aromatic carbocycles. The van der Waals surface area contributed by atoms with Crippen LogP contribution in [0.4, 0.5) is 0 Å². The number of carbonyl (C=O) groups is 4. The number of allylic oxidation sites excluding steroid dienone is 14. The van der Waals surface area contributed by atoms with E-state index < -0.39 is 67.3 Å². The Morgan fingerprint density at radius 3 is 1.16 bits per heavy atom. The first-order valence-electron chi connectivity index (χ1n) is 33.6. The molecule has 1 heterocycles. The predicted molar refractivity (Wildman–Crippen MR) is 340 cm³/mol. The van der Waals surface area contributed by atoms with E-state index in [4.69, 9.17) is 23.7 Å². The van der Waals surface area contributed by atoms with E-state index in [9.17, 15) is 34.5 Å². The maximum Gasteiger partial charge on any atom is 0.335 e. The van der Waals surface area contributed by atoms with Gasteiger partial charge in [-0.3, -0.25) is 14.4 Å². The third kappa shape index (κ3) is 47.8. The zero-order valence-corrected chi connectivity index (χ0v) is 52.7. The molecule has 476 valence electrons. The number of aliphatic hydroxyl groups excluding tert-OH is 2. The normalized spacial score (nSPS) is 18.1. The minimum absolute atomic E-state index is 0.0591. The summed E-state index contributed by atoms with van der Waals surface area (Å²) in [5.74, 6) is -3.13. The molecule has 0 aromatic heterocycles. The van der Waals surface area contributed by atoms with Crippen LogP contribution in [0, 0.1) is 0 Å². The number of rotatable bonds is 57. The number of unbranched alkanes of at least 4 members (excludes halogenated alkanes) is 29. The summed E-state index contributed by atoms with van der Waals surface area (Å²) >= 11 is 0. The van der Waals surface area contributed by atoms with E-state index in [1.165, 1.54) is 77.0 Å². The molecule has 6 atom stereocenters. The van der Waals surface area contributed by atoms with E-state index in [2.05, 4.69) is 106 Å². The van der Waals surface area contributed by atoms with Crippen molar-refractivity contribution in [3.63, 3.8) is 0 Å². The minimum Gasteiger partial charge on any atom is -0.479 e. The fraction of sp³-hybridized carbons (Fsp3) is 0.746. The standard InChI is InChI=1S/C71H120O12/c1-4-7-10-13-16-19-22-25-28-31-32-35-36-39-42-45-48-51-54-57-63(72)79-60-62(81-64(73)58-55-52-49-46-43-40-37-33-29-26-23-20-17-14-11-8-5-2)61-80-71-69(67(76)66(75)68(83-71)70(77)78)82-65(74)59-56-53-50-47-44-41-38-34-30-27-24-21-18-15-12-9-6-3/h7-8,10-11,16-17,19-20,25-26,28-29,32,35,62,66-69,71,75-76H,4-6,9,12-15,18,21-24,27,30-31,33-34,36-61H2,1-3H3,(H,77,78)/b10-7-,11-8-,19-16-,20-17-,28-25-,29-26-,35-32-. The summed E-state index contributed by atoms with van der Waals surface area (Å²) in [4.78, 5) is 51.4. The van der Waals surface area contributed by atoms with Crippen molar-refractivity contribution in [1.29, 1.82) is 0 Å². The van der Waals surface area contributed by atoms with Crippen LogP contribution in [-0.4, -0.2) is 89.2 Å². The van der Waals surface area contributed by atoms with Gasteiger partial charge in [0.05, 0.1) is 6.61 Å². The molecule has 12 heteroatoms. The van der Waals surface area contributed by atoms with Crippen LogP contribution in [0.1, 0.15) is 290 Å². The summed E-state index contributed by atoms with van der Waals surface area (Å²) < 4.78 is 28.6. The van der Waals surface area contributed by atoms with Crippen LogP contribution in [0.25, 0.3) is 0 Å². The molecule has 0 radical (unpaired) electrons. The lowest BCUT2D eigenvalue weighted by molar-refractivity contribution is -0.301. The lowest BCUT2D eigenvalue weighted by atomic mass is 9.98. The molecule has 1 saturated heterocycles. The van der Waals surface area contributed by atoms with Crippen molar-refractivity contribution >= 4 is 23.9 Å². The van der Waals surface area contributed by atoms with Gasteiger partial charge in [-0.1, -0.05) is 266 Å². The largest absolute Gasteiger partial charge is 0.479 e. The molecule has 1 fully saturated rings. The molecule has 0 spiro atoms. The first-order chi connectivity index (χ1) is 40.6. The topological polar surface area (TPSA) is 175 Å². The van der Waals surface area contributed by atoms with Gasteiger partial charge in [0.2, 0.25) is 0 Å². The fourth-order valence-electron chi connectivity index (χ4n) is 9.90. The average Bonchev–Trinajstić information content (AvgIpc) is 3.59. The van der Waals surface area contributed by atoms with Crippen LogP contribution in [0.2, 0.25) is 0 Å². The monoisotopic (exact) mass is 1160 g/mol. The molecule has 1 rings (SSSR count). The van der Waals surface area contributed by atoms with Crippen molar-refractivity contribution in [3.05, 3.63) is 85.1 Å². The van der Waals surface area contributed by atoms with Gasteiger partial charge in [-0.05, 0) is 89.9 Å². The maximum atomic E-state index is 13.2. The van der Waals surface area contributed by atoms with Crippen LogP contribution in [-0.2, 0) is 42.9 Å². The number of carboxylic acid groups (broad SMARTS) is 1. The highest BCUT2D eigenvalue weighted by Gasteiger charge is 2.50. The van der Waals surface area contributed by atoms with E-state index in [1.807, 2.05) is 0 Å². The summed E-state index contributed by atoms with van der Waals surface area (Å²) in [7, 11) is 0. The third-order valence-corrected chi connectivity index (χ3v) is 15.0. The lowest BCUT2D eigenvalue weighted by Gasteiger charge is -2.40. The van der Waals surface area contributed by atoms with Gasteiger partial charge in [0.15, 0.2) is 24.6 Å². The van der Waals surface area contributed by atoms with Crippen LogP contribution in [0.3, 0.4) is 0 Å². The highest BCUT2D eigenvalue weighted by Crippen LogP contribution is 2.27. The molecule has 1 aliphatic rings. The van der Waals surface area contributed by atoms with E-state index in [1.54, 1.807) is 0 Å². The van der Waals surface area contributed by atoms with Crippen LogP contribution < -0.4 is 0 Å². The van der Waals surface area contributed by atoms with Crippen molar-refractivity contribution < 1.29 is 58.2 Å². The van der Waals surface area contributed by atoms with Crippen molar-refractivity contribution in [2.45, 2.75) is 327 Å². The van der Waals surface area contributed by atoms with E-state index >= 15 is 0 Å². The van der Waals surface area contributed by atoms with Crippen molar-refractivity contribution in [1.82, 2.24) is 0 Å². The Morgan fingerprint density at radius 2 is 0.759 bits per heavy atom. The molecule has 0 saturated carbocycles. The zero-order chi connectivity index (χ0) is 60.3. The molecular formula is C71H120O12. The number of aliphatic carboxylic acids is 1. The van der Waals surface area contributed by atoms with Gasteiger partial charge >= 0.3 is 23.9 Å². The highest BCUT2D eigenvalue weighted by molar-refractivity contribution is 5.74. The number of aliphatic hydroxyl groups is 2. The molecular weight excluding hydrogens is 1040 g/mol.